The first-order valence-electron chi connectivity index (χ1n) is 6.65. The van der Waals surface area contributed by atoms with Crippen molar-refractivity contribution in [2.75, 3.05) is 6.54 Å². The average molecular weight is 242 g/mol. The molecule has 0 aromatic rings. The van der Waals surface area contributed by atoms with Crippen LogP contribution in [0.4, 0.5) is 4.79 Å². The number of alkyl carbamates (subject to hydrolysis) is 1. The third kappa shape index (κ3) is 5.39. The van der Waals surface area contributed by atoms with Gasteiger partial charge in [-0.05, 0) is 46.6 Å². The topological polar surface area (TPSA) is 50.4 Å². The molecule has 0 saturated carbocycles. The molecule has 100 valence electrons. The molecule has 1 aliphatic heterocycles. The molecule has 1 amide bonds. The Kier molecular flexibility index (Phi) is 5.25. The van der Waals surface area contributed by atoms with E-state index < -0.39 is 5.60 Å². The molecule has 1 heterocycles. The van der Waals surface area contributed by atoms with Crippen LogP contribution in [0.25, 0.3) is 0 Å². The fourth-order valence-corrected chi connectivity index (χ4v) is 2.20. The summed E-state index contributed by atoms with van der Waals surface area (Å²) in [5.74, 6) is 0. The van der Waals surface area contributed by atoms with Crippen molar-refractivity contribution in [2.45, 2.75) is 71.1 Å². The molecule has 0 bridgehead atoms. The van der Waals surface area contributed by atoms with E-state index in [9.17, 15) is 4.79 Å². The summed E-state index contributed by atoms with van der Waals surface area (Å²) in [6.07, 6.45) is 4.10. The van der Waals surface area contributed by atoms with E-state index in [0.717, 1.165) is 25.8 Å². The third-order valence-corrected chi connectivity index (χ3v) is 2.89. The zero-order valence-electron chi connectivity index (χ0n) is 11.5. The predicted molar refractivity (Wildman–Crippen MR) is 69.1 cm³/mol. The Morgan fingerprint density at radius 3 is 2.71 bits per heavy atom. The Morgan fingerprint density at radius 1 is 1.53 bits per heavy atom. The summed E-state index contributed by atoms with van der Waals surface area (Å²) in [4.78, 5) is 11.7. The number of hydrogen-bond donors (Lipinski definition) is 2. The molecule has 17 heavy (non-hydrogen) atoms. The monoisotopic (exact) mass is 242 g/mol. The summed E-state index contributed by atoms with van der Waals surface area (Å²) in [5.41, 5.74) is -0.427. The molecule has 0 spiro atoms. The van der Waals surface area contributed by atoms with E-state index in [4.69, 9.17) is 4.74 Å². The minimum absolute atomic E-state index is 0.192. The fraction of sp³-hybridized carbons (Fsp3) is 0.923. The number of nitrogens with one attached hydrogen (secondary N) is 2. The maximum atomic E-state index is 11.7. The fourth-order valence-electron chi connectivity index (χ4n) is 2.20. The van der Waals surface area contributed by atoms with E-state index in [1.807, 2.05) is 20.8 Å². The summed E-state index contributed by atoms with van der Waals surface area (Å²) >= 11 is 0. The van der Waals surface area contributed by atoms with Gasteiger partial charge in [0.05, 0.1) is 0 Å². The smallest absolute Gasteiger partial charge is 0.407 e. The molecule has 2 unspecified atom stereocenters. The maximum Gasteiger partial charge on any atom is 0.407 e. The maximum absolute atomic E-state index is 11.7. The molecule has 1 aliphatic rings. The quantitative estimate of drug-likeness (QED) is 0.796. The molecule has 1 rings (SSSR count). The molecular formula is C13H26N2O2. The van der Waals surface area contributed by atoms with Crippen molar-refractivity contribution in [3.05, 3.63) is 0 Å². The summed E-state index contributed by atoms with van der Waals surface area (Å²) in [6, 6.07) is 0.597. The number of hydrogen-bond acceptors (Lipinski definition) is 3. The number of carbonyl (C=O) groups is 1. The molecule has 0 aromatic carbocycles. The lowest BCUT2D eigenvalue weighted by molar-refractivity contribution is 0.0491. The van der Waals surface area contributed by atoms with Crippen molar-refractivity contribution < 1.29 is 9.53 Å². The zero-order chi connectivity index (χ0) is 12.9. The number of ether oxygens (including phenoxy) is 1. The Labute approximate surface area is 104 Å². The molecule has 1 saturated heterocycles. The molecule has 2 atom stereocenters. The second-order valence-corrected chi connectivity index (χ2v) is 5.74. The SMILES string of the molecule is CCCC(NC(=O)OC(C)(C)C)C1CCCN1. The highest BCUT2D eigenvalue weighted by Crippen LogP contribution is 2.14. The van der Waals surface area contributed by atoms with E-state index >= 15 is 0 Å². The van der Waals surface area contributed by atoms with Crippen molar-refractivity contribution in [1.82, 2.24) is 10.6 Å². The highest BCUT2D eigenvalue weighted by atomic mass is 16.6. The first kappa shape index (κ1) is 14.3. The van der Waals surface area contributed by atoms with Crippen molar-refractivity contribution >= 4 is 6.09 Å². The van der Waals surface area contributed by atoms with Crippen LogP contribution in [0.3, 0.4) is 0 Å². The van der Waals surface area contributed by atoms with E-state index in [0.29, 0.717) is 6.04 Å². The Morgan fingerprint density at radius 2 is 2.24 bits per heavy atom. The van der Waals surface area contributed by atoms with Gasteiger partial charge in [0.2, 0.25) is 0 Å². The molecule has 2 N–H and O–H groups in total. The molecule has 4 nitrogen and oxygen atoms in total. The van der Waals surface area contributed by atoms with Crippen LogP contribution in [0.1, 0.15) is 53.4 Å². The highest BCUT2D eigenvalue weighted by molar-refractivity contribution is 5.68. The van der Waals surface area contributed by atoms with Crippen LogP contribution in [-0.4, -0.2) is 30.3 Å². The van der Waals surface area contributed by atoms with Crippen LogP contribution < -0.4 is 10.6 Å². The van der Waals surface area contributed by atoms with Crippen LogP contribution in [0.2, 0.25) is 0 Å². The lowest BCUT2D eigenvalue weighted by atomic mass is 10.0. The van der Waals surface area contributed by atoms with E-state index in [2.05, 4.69) is 17.6 Å². The first-order valence-corrected chi connectivity index (χ1v) is 6.65. The molecule has 4 heteroatoms. The van der Waals surface area contributed by atoms with Gasteiger partial charge in [-0.15, -0.1) is 0 Å². The van der Waals surface area contributed by atoms with Crippen LogP contribution in [0.15, 0.2) is 0 Å². The van der Waals surface area contributed by atoms with Crippen LogP contribution in [0, 0.1) is 0 Å². The van der Waals surface area contributed by atoms with Gasteiger partial charge in [0.25, 0.3) is 0 Å². The van der Waals surface area contributed by atoms with Crippen LogP contribution in [0.5, 0.6) is 0 Å². The van der Waals surface area contributed by atoms with Crippen LogP contribution in [-0.2, 0) is 4.74 Å². The lowest BCUT2D eigenvalue weighted by Gasteiger charge is -2.27. The second kappa shape index (κ2) is 6.24. The van der Waals surface area contributed by atoms with Gasteiger partial charge in [-0.1, -0.05) is 13.3 Å². The third-order valence-electron chi connectivity index (χ3n) is 2.89. The highest BCUT2D eigenvalue weighted by Gasteiger charge is 2.27. The van der Waals surface area contributed by atoms with Crippen molar-refractivity contribution in [3.63, 3.8) is 0 Å². The summed E-state index contributed by atoms with van der Waals surface area (Å²) < 4.78 is 5.30. The summed E-state index contributed by atoms with van der Waals surface area (Å²) in [5, 5.41) is 6.43. The van der Waals surface area contributed by atoms with Crippen LogP contribution >= 0.6 is 0 Å². The molecular weight excluding hydrogens is 216 g/mol. The van der Waals surface area contributed by atoms with Gasteiger partial charge in [-0.2, -0.15) is 0 Å². The normalized spacial score (nSPS) is 22.2. The molecule has 0 radical (unpaired) electrons. The molecule has 0 aliphatic carbocycles. The summed E-state index contributed by atoms with van der Waals surface area (Å²) in [7, 11) is 0. The molecule has 1 fully saturated rings. The largest absolute Gasteiger partial charge is 0.444 e. The minimum Gasteiger partial charge on any atom is -0.444 e. The average Bonchev–Trinajstić information content (AvgIpc) is 2.66. The lowest BCUT2D eigenvalue weighted by Crippen LogP contribution is -2.48. The van der Waals surface area contributed by atoms with E-state index in [-0.39, 0.29) is 12.1 Å². The minimum atomic E-state index is -0.427. The van der Waals surface area contributed by atoms with Crippen molar-refractivity contribution in [2.24, 2.45) is 0 Å². The second-order valence-electron chi connectivity index (χ2n) is 5.74. The van der Waals surface area contributed by atoms with Crippen molar-refractivity contribution in [3.8, 4) is 0 Å². The number of amides is 1. The number of carbonyl (C=O) groups excluding carboxylic acids is 1. The Hall–Kier alpha value is -0.770. The standard InChI is InChI=1S/C13H26N2O2/c1-5-7-11(10-8-6-9-14-10)15-12(16)17-13(2,3)4/h10-11,14H,5-9H2,1-4H3,(H,15,16). The van der Waals surface area contributed by atoms with Gasteiger partial charge in [0.1, 0.15) is 5.60 Å². The molecule has 0 aromatic heterocycles. The summed E-state index contributed by atoms with van der Waals surface area (Å²) in [6.45, 7) is 8.85. The van der Waals surface area contributed by atoms with E-state index in [1.165, 1.54) is 6.42 Å². The van der Waals surface area contributed by atoms with Gasteiger partial charge in [0.15, 0.2) is 0 Å². The number of rotatable bonds is 4. The van der Waals surface area contributed by atoms with E-state index in [1.54, 1.807) is 0 Å². The van der Waals surface area contributed by atoms with Crippen molar-refractivity contribution in [1.29, 1.82) is 0 Å². The van der Waals surface area contributed by atoms with Gasteiger partial charge in [-0.3, -0.25) is 0 Å². The van der Waals surface area contributed by atoms with Gasteiger partial charge >= 0.3 is 6.09 Å². The van der Waals surface area contributed by atoms with Gasteiger partial charge in [-0.25, -0.2) is 4.79 Å². The van der Waals surface area contributed by atoms with Gasteiger partial charge in [0, 0.05) is 12.1 Å². The zero-order valence-corrected chi connectivity index (χ0v) is 11.5. The first-order chi connectivity index (χ1) is 7.92. The Bertz CT molecular complexity index is 242. The van der Waals surface area contributed by atoms with Gasteiger partial charge < -0.3 is 15.4 Å². The Balaban J connectivity index is 2.45. The predicted octanol–water partition coefficient (Wildman–Crippen LogP) is 2.43.